The van der Waals surface area contributed by atoms with Crippen LogP contribution in [0.3, 0.4) is 0 Å². The fraction of sp³-hybridized carbons (Fsp3) is 0.300. The first-order chi connectivity index (χ1) is 7.81. The van der Waals surface area contributed by atoms with Crippen molar-refractivity contribution in [2.45, 2.75) is 20.0 Å². The molecule has 0 unspecified atom stereocenters. The zero-order valence-electron chi connectivity index (χ0n) is 8.88. The van der Waals surface area contributed by atoms with Crippen LogP contribution in [0.2, 0.25) is 0 Å². The van der Waals surface area contributed by atoms with E-state index in [0.29, 0.717) is 18.9 Å². The third-order valence-corrected chi connectivity index (χ3v) is 2.18. The molecule has 16 heavy (non-hydrogen) atoms. The summed E-state index contributed by atoms with van der Waals surface area (Å²) in [7, 11) is 0. The fourth-order valence-corrected chi connectivity index (χ4v) is 1.32. The van der Waals surface area contributed by atoms with Gasteiger partial charge in [-0.05, 0) is 6.92 Å². The van der Waals surface area contributed by atoms with Crippen molar-refractivity contribution in [3.8, 4) is 0 Å². The van der Waals surface area contributed by atoms with Gasteiger partial charge in [-0.15, -0.1) is 0 Å². The Labute approximate surface area is 91.9 Å². The van der Waals surface area contributed by atoms with Crippen molar-refractivity contribution < 1.29 is 4.52 Å². The van der Waals surface area contributed by atoms with Crippen molar-refractivity contribution in [1.29, 1.82) is 0 Å². The molecule has 0 bridgehead atoms. The van der Waals surface area contributed by atoms with Crippen LogP contribution in [0.15, 0.2) is 34.0 Å². The summed E-state index contributed by atoms with van der Waals surface area (Å²) in [6.45, 7) is 2.95. The van der Waals surface area contributed by atoms with Crippen LogP contribution in [0.25, 0.3) is 0 Å². The Kier molecular flexibility index (Phi) is 3.00. The maximum Gasteiger partial charge on any atom is 0.293 e. The summed E-state index contributed by atoms with van der Waals surface area (Å²) in [5.41, 5.74) is 0.599. The molecular formula is C10H12N4O2. The number of rotatable bonds is 4. The SMILES string of the molecule is CCn1ccnc(NCc2ccon2)c1=O. The number of anilines is 1. The van der Waals surface area contributed by atoms with Gasteiger partial charge >= 0.3 is 0 Å². The van der Waals surface area contributed by atoms with Gasteiger partial charge in [0.25, 0.3) is 5.56 Å². The lowest BCUT2D eigenvalue weighted by Crippen LogP contribution is -2.23. The molecule has 0 atom stereocenters. The van der Waals surface area contributed by atoms with E-state index >= 15 is 0 Å². The molecule has 0 fully saturated rings. The molecule has 0 aliphatic rings. The van der Waals surface area contributed by atoms with E-state index in [2.05, 4.69) is 20.0 Å². The second kappa shape index (κ2) is 4.61. The molecule has 0 saturated heterocycles. The lowest BCUT2D eigenvalue weighted by atomic mass is 10.4. The van der Waals surface area contributed by atoms with Crippen LogP contribution in [0.5, 0.6) is 0 Å². The van der Waals surface area contributed by atoms with Crippen molar-refractivity contribution in [2.75, 3.05) is 5.32 Å². The molecule has 0 aliphatic carbocycles. The van der Waals surface area contributed by atoms with Crippen LogP contribution in [-0.2, 0) is 13.1 Å². The molecule has 6 nitrogen and oxygen atoms in total. The summed E-state index contributed by atoms with van der Waals surface area (Å²) in [6.07, 6.45) is 4.74. The summed E-state index contributed by atoms with van der Waals surface area (Å²) in [5, 5.41) is 6.65. The fourth-order valence-electron chi connectivity index (χ4n) is 1.32. The Morgan fingerprint density at radius 2 is 2.44 bits per heavy atom. The van der Waals surface area contributed by atoms with Gasteiger partial charge in [-0.3, -0.25) is 4.79 Å². The van der Waals surface area contributed by atoms with Gasteiger partial charge in [-0.2, -0.15) is 0 Å². The first-order valence-corrected chi connectivity index (χ1v) is 5.00. The zero-order valence-corrected chi connectivity index (χ0v) is 8.88. The Morgan fingerprint density at radius 3 is 3.12 bits per heavy atom. The predicted molar refractivity (Wildman–Crippen MR) is 58.0 cm³/mol. The summed E-state index contributed by atoms with van der Waals surface area (Å²) < 4.78 is 6.27. The van der Waals surface area contributed by atoms with Gasteiger partial charge in [0.15, 0.2) is 5.82 Å². The monoisotopic (exact) mass is 220 g/mol. The Morgan fingerprint density at radius 1 is 1.56 bits per heavy atom. The van der Waals surface area contributed by atoms with Crippen LogP contribution in [-0.4, -0.2) is 14.7 Å². The van der Waals surface area contributed by atoms with Gasteiger partial charge in [-0.25, -0.2) is 4.98 Å². The normalized spacial score (nSPS) is 10.3. The molecule has 0 aromatic carbocycles. The molecule has 1 N–H and O–H groups in total. The third kappa shape index (κ3) is 2.10. The number of aromatic nitrogens is 3. The average Bonchev–Trinajstić information content (AvgIpc) is 2.81. The molecule has 2 aromatic rings. The molecule has 2 rings (SSSR count). The number of hydrogen-bond donors (Lipinski definition) is 1. The van der Waals surface area contributed by atoms with Crippen molar-refractivity contribution in [1.82, 2.24) is 14.7 Å². The van der Waals surface area contributed by atoms with Gasteiger partial charge in [0.05, 0.1) is 6.54 Å². The first-order valence-electron chi connectivity index (χ1n) is 5.00. The molecule has 0 saturated carbocycles. The molecule has 2 heterocycles. The summed E-state index contributed by atoms with van der Waals surface area (Å²) >= 11 is 0. The Balaban J connectivity index is 2.13. The zero-order chi connectivity index (χ0) is 11.4. The highest BCUT2D eigenvalue weighted by molar-refractivity contribution is 5.31. The molecule has 2 aromatic heterocycles. The van der Waals surface area contributed by atoms with Crippen LogP contribution in [0.4, 0.5) is 5.82 Å². The third-order valence-electron chi connectivity index (χ3n) is 2.18. The van der Waals surface area contributed by atoms with E-state index < -0.39 is 0 Å². The van der Waals surface area contributed by atoms with Crippen molar-refractivity contribution in [3.05, 3.63) is 40.8 Å². The van der Waals surface area contributed by atoms with Gasteiger partial charge in [0.2, 0.25) is 0 Å². The first kappa shape index (κ1) is 10.4. The van der Waals surface area contributed by atoms with Gasteiger partial charge in [0, 0.05) is 25.0 Å². The number of aryl methyl sites for hydroxylation is 1. The summed E-state index contributed by atoms with van der Waals surface area (Å²) in [6, 6.07) is 1.73. The second-order valence-corrected chi connectivity index (χ2v) is 3.21. The minimum absolute atomic E-state index is 0.131. The van der Waals surface area contributed by atoms with Crippen molar-refractivity contribution >= 4 is 5.82 Å². The topological polar surface area (TPSA) is 73.0 Å². The Hall–Kier alpha value is -2.11. The van der Waals surface area contributed by atoms with Gasteiger partial charge < -0.3 is 14.4 Å². The molecule has 0 spiro atoms. The highest BCUT2D eigenvalue weighted by Crippen LogP contribution is 1.99. The number of hydrogen-bond acceptors (Lipinski definition) is 5. The molecule has 0 radical (unpaired) electrons. The number of nitrogens with zero attached hydrogens (tertiary/aromatic N) is 3. The van der Waals surface area contributed by atoms with Gasteiger partial charge in [-0.1, -0.05) is 5.16 Å². The van der Waals surface area contributed by atoms with E-state index in [1.54, 1.807) is 23.0 Å². The van der Waals surface area contributed by atoms with E-state index in [1.807, 2.05) is 6.92 Å². The molecular weight excluding hydrogens is 208 g/mol. The summed E-state index contributed by atoms with van der Waals surface area (Å²) in [5.74, 6) is 0.326. The van der Waals surface area contributed by atoms with Gasteiger partial charge in [0.1, 0.15) is 12.0 Å². The van der Waals surface area contributed by atoms with Crippen LogP contribution in [0, 0.1) is 0 Å². The van der Waals surface area contributed by atoms with Crippen LogP contribution in [0.1, 0.15) is 12.6 Å². The average molecular weight is 220 g/mol. The molecule has 0 amide bonds. The van der Waals surface area contributed by atoms with E-state index in [0.717, 1.165) is 5.69 Å². The summed E-state index contributed by atoms with van der Waals surface area (Å²) in [4.78, 5) is 15.7. The second-order valence-electron chi connectivity index (χ2n) is 3.21. The molecule has 84 valence electrons. The minimum Gasteiger partial charge on any atom is -0.364 e. The van der Waals surface area contributed by atoms with Crippen LogP contribution < -0.4 is 10.9 Å². The lowest BCUT2D eigenvalue weighted by Gasteiger charge is -2.05. The Bertz CT molecular complexity index is 504. The van der Waals surface area contributed by atoms with E-state index in [4.69, 9.17) is 0 Å². The molecule has 0 aliphatic heterocycles. The maximum absolute atomic E-state index is 11.8. The predicted octanol–water partition coefficient (Wildman–Crippen LogP) is 0.863. The maximum atomic E-state index is 11.8. The van der Waals surface area contributed by atoms with Crippen LogP contribution >= 0.6 is 0 Å². The smallest absolute Gasteiger partial charge is 0.293 e. The standard InChI is InChI=1S/C10H12N4O2/c1-2-14-5-4-11-9(10(14)15)12-7-8-3-6-16-13-8/h3-6H,2,7H2,1H3,(H,11,12). The van der Waals surface area contributed by atoms with Crippen molar-refractivity contribution in [2.24, 2.45) is 0 Å². The van der Waals surface area contributed by atoms with E-state index in [9.17, 15) is 4.79 Å². The highest BCUT2D eigenvalue weighted by Gasteiger charge is 2.03. The lowest BCUT2D eigenvalue weighted by molar-refractivity contribution is 0.412. The quantitative estimate of drug-likeness (QED) is 0.827. The highest BCUT2D eigenvalue weighted by atomic mass is 16.5. The minimum atomic E-state index is -0.131. The molecule has 6 heteroatoms. The van der Waals surface area contributed by atoms with E-state index in [1.165, 1.54) is 6.26 Å². The largest absolute Gasteiger partial charge is 0.364 e. The van der Waals surface area contributed by atoms with E-state index in [-0.39, 0.29) is 5.56 Å². The van der Waals surface area contributed by atoms with Crippen molar-refractivity contribution in [3.63, 3.8) is 0 Å². The number of nitrogens with one attached hydrogen (secondary N) is 1.